The van der Waals surface area contributed by atoms with Gasteiger partial charge in [0.2, 0.25) is 0 Å². The van der Waals surface area contributed by atoms with Gasteiger partial charge in [-0.25, -0.2) is 8.78 Å². The van der Waals surface area contributed by atoms with Crippen LogP contribution in [0.2, 0.25) is 0 Å². The molecule has 0 spiro atoms. The van der Waals surface area contributed by atoms with Crippen LogP contribution in [0.3, 0.4) is 0 Å². The number of hydrogen-bond acceptors (Lipinski definition) is 1. The molecule has 20 heavy (non-hydrogen) atoms. The van der Waals surface area contributed by atoms with Gasteiger partial charge in [-0.15, -0.1) is 0 Å². The highest BCUT2D eigenvalue weighted by Crippen LogP contribution is 2.31. The lowest BCUT2D eigenvalue weighted by Gasteiger charge is -2.14. The normalized spacial score (nSPS) is 12.4. The Morgan fingerprint density at radius 2 is 1.95 bits per heavy atom. The second kappa shape index (κ2) is 6.46. The van der Waals surface area contributed by atoms with Crippen LogP contribution in [0.1, 0.15) is 25.5 Å². The predicted molar refractivity (Wildman–Crippen MR) is 81.6 cm³/mol. The zero-order valence-corrected chi connectivity index (χ0v) is 13.0. The first-order valence-electron chi connectivity index (χ1n) is 6.51. The van der Waals surface area contributed by atoms with Crippen molar-refractivity contribution in [2.75, 3.05) is 6.54 Å². The zero-order valence-electron chi connectivity index (χ0n) is 11.4. The monoisotopic (exact) mass is 339 g/mol. The smallest absolute Gasteiger partial charge is 0.148 e. The van der Waals surface area contributed by atoms with Crippen LogP contribution < -0.4 is 5.32 Å². The van der Waals surface area contributed by atoms with Crippen molar-refractivity contribution in [1.29, 1.82) is 0 Å². The Morgan fingerprint density at radius 3 is 2.65 bits per heavy atom. The fraction of sp³-hybridized carbons (Fsp3) is 0.250. The van der Waals surface area contributed by atoms with Crippen molar-refractivity contribution in [1.82, 2.24) is 5.32 Å². The zero-order chi connectivity index (χ0) is 14.7. The second-order valence-electron chi connectivity index (χ2n) is 4.62. The first-order chi connectivity index (χ1) is 9.54. The van der Waals surface area contributed by atoms with E-state index < -0.39 is 11.6 Å². The lowest BCUT2D eigenvalue weighted by Crippen LogP contribution is -2.17. The molecule has 2 rings (SSSR count). The summed E-state index contributed by atoms with van der Waals surface area (Å²) in [5.41, 5.74) is 1.55. The highest BCUT2D eigenvalue weighted by molar-refractivity contribution is 9.10. The molecule has 0 fully saturated rings. The van der Waals surface area contributed by atoms with E-state index in [0.29, 0.717) is 5.56 Å². The van der Waals surface area contributed by atoms with Gasteiger partial charge in [-0.1, -0.05) is 25.1 Å². The van der Waals surface area contributed by atoms with Crippen LogP contribution in [0.25, 0.3) is 11.1 Å². The van der Waals surface area contributed by atoms with Crippen molar-refractivity contribution < 1.29 is 8.78 Å². The summed E-state index contributed by atoms with van der Waals surface area (Å²) in [6, 6.07) is 10.1. The molecule has 1 unspecified atom stereocenters. The number of halogens is 3. The number of nitrogens with one attached hydrogen (secondary N) is 1. The van der Waals surface area contributed by atoms with E-state index in [4.69, 9.17) is 0 Å². The Morgan fingerprint density at radius 1 is 1.20 bits per heavy atom. The van der Waals surface area contributed by atoms with Gasteiger partial charge >= 0.3 is 0 Å². The van der Waals surface area contributed by atoms with Crippen LogP contribution in [0.5, 0.6) is 0 Å². The van der Waals surface area contributed by atoms with Crippen molar-refractivity contribution in [2.45, 2.75) is 19.9 Å². The third-order valence-corrected chi connectivity index (χ3v) is 3.84. The van der Waals surface area contributed by atoms with Crippen LogP contribution in [-0.4, -0.2) is 6.54 Å². The highest BCUT2D eigenvalue weighted by atomic mass is 79.9. The summed E-state index contributed by atoms with van der Waals surface area (Å²) in [5, 5.41) is 3.28. The average Bonchev–Trinajstić information content (AvgIpc) is 2.44. The molecule has 0 radical (unpaired) electrons. The van der Waals surface area contributed by atoms with E-state index in [1.165, 1.54) is 12.1 Å². The summed E-state index contributed by atoms with van der Waals surface area (Å²) in [6.45, 7) is 4.88. The molecule has 0 aliphatic carbocycles. The minimum Gasteiger partial charge on any atom is -0.310 e. The van der Waals surface area contributed by atoms with Gasteiger partial charge in [0.1, 0.15) is 11.6 Å². The van der Waals surface area contributed by atoms with Crippen LogP contribution in [0.4, 0.5) is 8.78 Å². The van der Waals surface area contributed by atoms with Gasteiger partial charge in [0.15, 0.2) is 0 Å². The Balaban J connectivity index is 2.49. The summed E-state index contributed by atoms with van der Waals surface area (Å²) < 4.78 is 28.3. The third kappa shape index (κ3) is 3.07. The molecule has 0 aliphatic rings. The van der Waals surface area contributed by atoms with Crippen molar-refractivity contribution >= 4 is 15.9 Å². The minimum atomic E-state index is -0.571. The van der Waals surface area contributed by atoms with Gasteiger partial charge in [0.05, 0.1) is 10.0 Å². The maximum atomic E-state index is 14.1. The first-order valence-corrected chi connectivity index (χ1v) is 7.31. The molecule has 0 heterocycles. The summed E-state index contributed by atoms with van der Waals surface area (Å²) in [5.74, 6) is -1.13. The molecule has 0 bridgehead atoms. The molecule has 0 amide bonds. The molecule has 1 N–H and O–H groups in total. The lowest BCUT2D eigenvalue weighted by molar-refractivity contribution is 0.584. The maximum Gasteiger partial charge on any atom is 0.148 e. The fourth-order valence-corrected chi connectivity index (χ4v) is 2.51. The summed E-state index contributed by atoms with van der Waals surface area (Å²) >= 11 is 3.10. The standard InChI is InChI=1S/C16H16BrF2N/c1-3-20-10(2)11-5-4-6-12(9-11)15-14(18)8-7-13(17)16(15)19/h4-10,20H,3H2,1-2H3. The van der Waals surface area contributed by atoms with E-state index in [9.17, 15) is 8.78 Å². The minimum absolute atomic E-state index is 0.00456. The quantitative estimate of drug-likeness (QED) is 0.767. The summed E-state index contributed by atoms with van der Waals surface area (Å²) in [4.78, 5) is 0. The number of hydrogen-bond donors (Lipinski definition) is 1. The maximum absolute atomic E-state index is 14.1. The highest BCUT2D eigenvalue weighted by Gasteiger charge is 2.15. The van der Waals surface area contributed by atoms with E-state index in [1.54, 1.807) is 6.07 Å². The molecule has 0 aromatic heterocycles. The average molecular weight is 340 g/mol. The van der Waals surface area contributed by atoms with Crippen molar-refractivity contribution in [3.8, 4) is 11.1 Å². The molecular weight excluding hydrogens is 324 g/mol. The van der Waals surface area contributed by atoms with E-state index in [0.717, 1.165) is 12.1 Å². The van der Waals surface area contributed by atoms with Crippen LogP contribution in [-0.2, 0) is 0 Å². The molecule has 0 saturated carbocycles. The van der Waals surface area contributed by atoms with Crippen molar-refractivity contribution in [3.05, 3.63) is 58.1 Å². The van der Waals surface area contributed by atoms with E-state index in [1.807, 2.05) is 32.0 Å². The third-order valence-electron chi connectivity index (χ3n) is 3.23. The molecule has 4 heteroatoms. The Kier molecular flexibility index (Phi) is 4.89. The van der Waals surface area contributed by atoms with E-state index in [-0.39, 0.29) is 16.1 Å². The Bertz CT molecular complexity index is 613. The number of benzene rings is 2. The second-order valence-corrected chi connectivity index (χ2v) is 5.48. The molecule has 0 saturated heterocycles. The van der Waals surface area contributed by atoms with Gasteiger partial charge in [-0.2, -0.15) is 0 Å². The van der Waals surface area contributed by atoms with E-state index >= 15 is 0 Å². The van der Waals surface area contributed by atoms with Crippen LogP contribution >= 0.6 is 15.9 Å². The lowest BCUT2D eigenvalue weighted by atomic mass is 9.99. The Labute approximate surface area is 126 Å². The predicted octanol–water partition coefficient (Wildman–Crippen LogP) is 5.06. The SMILES string of the molecule is CCNC(C)c1cccc(-c2c(F)ccc(Br)c2F)c1. The van der Waals surface area contributed by atoms with Crippen LogP contribution in [0, 0.1) is 11.6 Å². The topological polar surface area (TPSA) is 12.0 Å². The van der Waals surface area contributed by atoms with Crippen molar-refractivity contribution in [2.24, 2.45) is 0 Å². The fourth-order valence-electron chi connectivity index (χ4n) is 2.18. The van der Waals surface area contributed by atoms with E-state index in [2.05, 4.69) is 21.2 Å². The molecule has 2 aromatic carbocycles. The van der Waals surface area contributed by atoms with Gasteiger partial charge in [-0.3, -0.25) is 0 Å². The first kappa shape index (κ1) is 15.1. The Hall–Kier alpha value is -1.26. The number of rotatable bonds is 4. The largest absolute Gasteiger partial charge is 0.310 e. The van der Waals surface area contributed by atoms with Crippen molar-refractivity contribution in [3.63, 3.8) is 0 Å². The molecule has 1 atom stereocenters. The van der Waals surface area contributed by atoms with Gasteiger partial charge < -0.3 is 5.32 Å². The molecule has 106 valence electrons. The molecular formula is C16H16BrF2N. The molecule has 1 nitrogen and oxygen atoms in total. The van der Waals surface area contributed by atoms with Crippen LogP contribution in [0.15, 0.2) is 40.9 Å². The summed E-state index contributed by atoms with van der Waals surface area (Å²) in [6.07, 6.45) is 0. The molecule has 0 aliphatic heterocycles. The van der Waals surface area contributed by atoms with Gasteiger partial charge in [0, 0.05) is 6.04 Å². The molecule has 2 aromatic rings. The van der Waals surface area contributed by atoms with Gasteiger partial charge in [0.25, 0.3) is 0 Å². The van der Waals surface area contributed by atoms with Gasteiger partial charge in [-0.05, 0) is 58.7 Å². The summed E-state index contributed by atoms with van der Waals surface area (Å²) in [7, 11) is 0.